The highest BCUT2D eigenvalue weighted by atomic mass is 79.9. The van der Waals surface area contributed by atoms with Crippen molar-refractivity contribution in [3.8, 4) is 0 Å². The first-order valence-electron chi connectivity index (χ1n) is 11.7. The number of benzene rings is 3. The first kappa shape index (κ1) is 23.7. The molecule has 8 heteroatoms. The van der Waals surface area contributed by atoms with E-state index in [-0.39, 0.29) is 30.7 Å². The molecule has 1 N–H and O–H groups in total. The number of hydrogen-bond donors (Lipinski definition) is 1. The Bertz CT molecular complexity index is 1350. The molecule has 0 aromatic heterocycles. The second-order valence-corrected chi connectivity index (χ2v) is 11.6. The van der Waals surface area contributed by atoms with E-state index >= 15 is 0 Å². The van der Waals surface area contributed by atoms with E-state index < -0.39 is 21.6 Å². The van der Waals surface area contributed by atoms with Crippen LogP contribution < -0.4 is 5.32 Å². The van der Waals surface area contributed by atoms with Crippen LogP contribution in [0.3, 0.4) is 0 Å². The van der Waals surface area contributed by atoms with Gasteiger partial charge in [0, 0.05) is 23.1 Å². The van der Waals surface area contributed by atoms with Crippen molar-refractivity contribution in [2.75, 3.05) is 11.9 Å². The number of anilines is 1. The van der Waals surface area contributed by atoms with Gasteiger partial charge in [-0.2, -0.15) is 0 Å². The number of halogens is 3. The highest BCUT2D eigenvalue weighted by molar-refractivity contribution is 9.10. The summed E-state index contributed by atoms with van der Waals surface area (Å²) in [5.41, 5.74) is 4.66. The lowest BCUT2D eigenvalue weighted by atomic mass is 9.54. The van der Waals surface area contributed by atoms with Crippen molar-refractivity contribution >= 4 is 62.5 Å². The van der Waals surface area contributed by atoms with Gasteiger partial charge < -0.3 is 5.32 Å². The number of amides is 3. The van der Waals surface area contributed by atoms with E-state index in [9.17, 15) is 14.4 Å². The normalized spacial score (nSPS) is 27.5. The first-order chi connectivity index (χ1) is 17.2. The number of carbonyl (C=O) groups excluding carboxylic acids is 3. The lowest BCUT2D eigenvalue weighted by molar-refractivity contribution is -0.140. The van der Waals surface area contributed by atoms with Crippen molar-refractivity contribution in [3.05, 3.63) is 99.0 Å². The van der Waals surface area contributed by atoms with Crippen LogP contribution in [0.2, 0.25) is 0 Å². The van der Waals surface area contributed by atoms with Crippen molar-refractivity contribution in [1.29, 1.82) is 0 Å². The number of nitrogens with zero attached hydrogens (tertiary/aromatic N) is 1. The zero-order chi connectivity index (χ0) is 25.4. The van der Waals surface area contributed by atoms with Gasteiger partial charge in [-0.1, -0.05) is 64.5 Å². The molecule has 182 valence electrons. The average Bonchev–Trinajstić information content (AvgIpc) is 3.14. The summed E-state index contributed by atoms with van der Waals surface area (Å²) in [7, 11) is 0. The Morgan fingerprint density at radius 3 is 1.81 bits per heavy atom. The van der Waals surface area contributed by atoms with Crippen LogP contribution in [0.15, 0.2) is 71.2 Å². The molecule has 3 aliphatic carbocycles. The fraction of sp³-hybridized carbons (Fsp3) is 0.250. The summed E-state index contributed by atoms with van der Waals surface area (Å²) in [5, 5.41) is 2.84. The van der Waals surface area contributed by atoms with Gasteiger partial charge in [-0.05, 0) is 52.9 Å². The minimum absolute atomic E-state index is 0.0313. The van der Waals surface area contributed by atoms with Gasteiger partial charge in [0.1, 0.15) is 9.75 Å². The quantitative estimate of drug-likeness (QED) is 0.317. The number of imide groups is 1. The van der Waals surface area contributed by atoms with Gasteiger partial charge in [-0.15, -0.1) is 23.2 Å². The van der Waals surface area contributed by atoms with Gasteiger partial charge in [0.2, 0.25) is 17.7 Å². The Morgan fingerprint density at radius 2 is 1.36 bits per heavy atom. The molecule has 1 heterocycles. The third-order valence-electron chi connectivity index (χ3n) is 7.68. The van der Waals surface area contributed by atoms with Crippen molar-refractivity contribution in [2.45, 2.75) is 23.1 Å². The maximum Gasteiger partial charge on any atom is 0.235 e. The summed E-state index contributed by atoms with van der Waals surface area (Å²) in [5.74, 6) is -2.78. The molecule has 3 amide bonds. The molecule has 1 aliphatic heterocycles. The molecule has 0 unspecified atom stereocenters. The largest absolute Gasteiger partial charge is 0.326 e. The molecule has 2 bridgehead atoms. The Morgan fingerprint density at radius 1 is 0.889 bits per heavy atom. The molecule has 7 rings (SSSR count). The van der Waals surface area contributed by atoms with Gasteiger partial charge in [-0.3, -0.25) is 19.3 Å². The van der Waals surface area contributed by atoms with Crippen molar-refractivity contribution < 1.29 is 14.4 Å². The number of aryl methyl sites for hydroxylation is 1. The molecule has 1 fully saturated rings. The predicted molar refractivity (Wildman–Crippen MR) is 142 cm³/mol. The number of rotatable bonds is 4. The lowest BCUT2D eigenvalue weighted by Gasteiger charge is -2.54. The van der Waals surface area contributed by atoms with Gasteiger partial charge >= 0.3 is 0 Å². The molecule has 36 heavy (non-hydrogen) atoms. The summed E-state index contributed by atoms with van der Waals surface area (Å²) in [6.45, 7) is 1.88. The van der Waals surface area contributed by atoms with Crippen LogP contribution in [0.25, 0.3) is 0 Å². The van der Waals surface area contributed by atoms with Gasteiger partial charge in [0.05, 0.1) is 11.8 Å². The number of nitrogens with one attached hydrogen (secondary N) is 1. The maximum atomic E-state index is 13.8. The smallest absolute Gasteiger partial charge is 0.235 e. The Hall–Kier alpha value is -2.67. The SMILES string of the molecule is Cc1cc(NC(=O)CCN2C(=O)[C@H]3[C@H](C2=O)C2(Cl)c4ccccc4C3(Cl)c3ccccc32)ccc1Br. The Balaban J connectivity index is 1.33. The van der Waals surface area contributed by atoms with Crippen LogP contribution >= 0.6 is 39.1 Å². The van der Waals surface area contributed by atoms with Crippen molar-refractivity contribution in [3.63, 3.8) is 0 Å². The number of alkyl halides is 2. The summed E-state index contributed by atoms with van der Waals surface area (Å²) in [4.78, 5) is 39.0. The zero-order valence-electron chi connectivity index (χ0n) is 19.2. The topological polar surface area (TPSA) is 66.5 Å². The average molecular weight is 584 g/mol. The minimum Gasteiger partial charge on any atom is -0.326 e. The van der Waals surface area contributed by atoms with Crippen LogP contribution in [-0.2, 0) is 24.1 Å². The monoisotopic (exact) mass is 582 g/mol. The zero-order valence-corrected chi connectivity index (χ0v) is 22.3. The fourth-order valence-corrected chi connectivity index (χ4v) is 7.45. The standard InChI is InChI=1S/C28H21BrCl2N2O3/c1-15-14-16(10-11-21(15)29)32-22(34)12-13-33-25(35)23-24(26(33)36)28(31)18-7-3-2-6-17(18)27(23,30)19-8-4-5-9-20(19)28/h2-11,14,23-24H,12-13H2,1H3,(H,32,34)/t23-,24-,27?,28?/m1/s1. The maximum absolute atomic E-state index is 13.8. The van der Waals surface area contributed by atoms with Crippen LogP contribution in [0.5, 0.6) is 0 Å². The van der Waals surface area contributed by atoms with E-state index in [0.717, 1.165) is 32.3 Å². The predicted octanol–water partition coefficient (Wildman–Crippen LogP) is 5.68. The van der Waals surface area contributed by atoms with E-state index in [1.807, 2.05) is 67.6 Å². The van der Waals surface area contributed by atoms with E-state index in [1.54, 1.807) is 6.07 Å². The van der Waals surface area contributed by atoms with Crippen LogP contribution in [0.1, 0.15) is 34.2 Å². The third kappa shape index (κ3) is 3.04. The Kier molecular flexibility index (Phi) is 5.38. The molecular weight excluding hydrogens is 563 g/mol. The molecule has 3 aromatic rings. The van der Waals surface area contributed by atoms with E-state index in [2.05, 4.69) is 21.2 Å². The molecule has 1 saturated heterocycles. The molecule has 0 saturated carbocycles. The number of carbonyl (C=O) groups is 3. The molecule has 2 atom stereocenters. The summed E-state index contributed by atoms with van der Waals surface area (Å²) < 4.78 is 0.943. The molecule has 5 nitrogen and oxygen atoms in total. The fourth-order valence-electron chi connectivity index (χ4n) is 6.10. The van der Waals surface area contributed by atoms with Gasteiger partial charge in [0.25, 0.3) is 0 Å². The number of likely N-dealkylation sites (tertiary alicyclic amines) is 1. The molecule has 3 aromatic carbocycles. The Labute approximate surface area is 226 Å². The lowest BCUT2D eigenvalue weighted by Crippen LogP contribution is -2.57. The molecule has 4 aliphatic rings. The highest BCUT2D eigenvalue weighted by Crippen LogP contribution is 2.69. The molecule has 0 radical (unpaired) electrons. The van der Waals surface area contributed by atoms with Gasteiger partial charge in [0.15, 0.2) is 0 Å². The van der Waals surface area contributed by atoms with Gasteiger partial charge in [-0.25, -0.2) is 0 Å². The van der Waals surface area contributed by atoms with E-state index in [4.69, 9.17) is 23.2 Å². The van der Waals surface area contributed by atoms with Crippen molar-refractivity contribution in [1.82, 2.24) is 4.90 Å². The minimum atomic E-state index is -1.22. The number of hydrogen-bond acceptors (Lipinski definition) is 3. The summed E-state index contributed by atoms with van der Waals surface area (Å²) >= 11 is 18.2. The highest BCUT2D eigenvalue weighted by Gasteiger charge is 2.72. The molecule has 0 spiro atoms. The second-order valence-electron chi connectivity index (χ2n) is 9.56. The second kappa shape index (κ2) is 8.17. The van der Waals surface area contributed by atoms with Crippen LogP contribution in [0.4, 0.5) is 5.69 Å². The van der Waals surface area contributed by atoms with Crippen LogP contribution in [-0.4, -0.2) is 29.2 Å². The van der Waals surface area contributed by atoms with E-state index in [1.165, 1.54) is 4.90 Å². The van der Waals surface area contributed by atoms with Crippen LogP contribution in [0, 0.1) is 18.8 Å². The summed E-state index contributed by atoms with van der Waals surface area (Å²) in [6, 6.07) is 20.5. The third-order valence-corrected chi connectivity index (χ3v) is 9.86. The first-order valence-corrected chi connectivity index (χ1v) is 13.2. The van der Waals surface area contributed by atoms with E-state index in [0.29, 0.717) is 5.69 Å². The van der Waals surface area contributed by atoms with Crippen molar-refractivity contribution in [2.24, 2.45) is 11.8 Å². The molecular formula is C28H21BrCl2N2O3. The summed E-state index contributed by atoms with van der Waals surface area (Å²) in [6.07, 6.45) is -0.0313.